The lowest BCUT2D eigenvalue weighted by Gasteiger charge is -2.09. The predicted octanol–water partition coefficient (Wildman–Crippen LogP) is 3.70. The van der Waals surface area contributed by atoms with Crippen molar-refractivity contribution in [3.05, 3.63) is 53.7 Å². The van der Waals surface area contributed by atoms with Crippen LogP contribution in [0.5, 0.6) is 23.0 Å². The lowest BCUT2D eigenvalue weighted by Crippen LogP contribution is -1.94. The van der Waals surface area contributed by atoms with E-state index in [4.69, 9.17) is 18.9 Å². The average Bonchev–Trinajstić information content (AvgIpc) is 3.15. The number of benzene rings is 2. The fourth-order valence-corrected chi connectivity index (χ4v) is 2.81. The van der Waals surface area contributed by atoms with Crippen molar-refractivity contribution < 1.29 is 18.9 Å². The van der Waals surface area contributed by atoms with Crippen molar-refractivity contribution in [3.8, 4) is 34.3 Å². The molecule has 0 atom stereocenters. The number of hydrogen-bond acceptors (Lipinski definition) is 5. The van der Waals surface area contributed by atoms with Gasteiger partial charge < -0.3 is 18.9 Å². The molecule has 3 rings (SSSR count). The third-order valence-electron chi connectivity index (χ3n) is 4.15. The first-order valence-electron chi connectivity index (χ1n) is 8.16. The molecular formula is C20H22N2O4. The van der Waals surface area contributed by atoms with E-state index in [1.54, 1.807) is 28.4 Å². The molecule has 3 aromatic rings. The maximum absolute atomic E-state index is 5.36. The highest BCUT2D eigenvalue weighted by atomic mass is 16.5. The Balaban J connectivity index is 1.82. The summed E-state index contributed by atoms with van der Waals surface area (Å²) in [5.41, 5.74) is 3.91. The molecule has 1 heterocycles. The first-order valence-corrected chi connectivity index (χ1v) is 8.16. The van der Waals surface area contributed by atoms with Gasteiger partial charge in [-0.15, -0.1) is 0 Å². The van der Waals surface area contributed by atoms with Gasteiger partial charge in [0.15, 0.2) is 23.0 Å². The monoisotopic (exact) mass is 354 g/mol. The van der Waals surface area contributed by atoms with Crippen LogP contribution in [0.15, 0.2) is 42.5 Å². The van der Waals surface area contributed by atoms with Crippen LogP contribution in [0, 0.1) is 0 Å². The van der Waals surface area contributed by atoms with E-state index < -0.39 is 0 Å². The summed E-state index contributed by atoms with van der Waals surface area (Å²) in [7, 11) is 6.50. The quantitative estimate of drug-likeness (QED) is 0.701. The molecule has 136 valence electrons. The number of nitrogens with zero attached hydrogens (tertiary/aromatic N) is 1. The summed E-state index contributed by atoms with van der Waals surface area (Å²) >= 11 is 0. The topological polar surface area (TPSA) is 65.6 Å². The van der Waals surface area contributed by atoms with Crippen LogP contribution in [0.4, 0.5) is 0 Å². The van der Waals surface area contributed by atoms with Gasteiger partial charge in [0.25, 0.3) is 0 Å². The summed E-state index contributed by atoms with van der Waals surface area (Å²) in [4.78, 5) is 0. The predicted molar refractivity (Wildman–Crippen MR) is 99.5 cm³/mol. The third-order valence-corrected chi connectivity index (χ3v) is 4.15. The fraction of sp³-hybridized carbons (Fsp3) is 0.250. The van der Waals surface area contributed by atoms with Gasteiger partial charge in [0, 0.05) is 17.7 Å². The van der Waals surface area contributed by atoms with Gasteiger partial charge in [0.2, 0.25) is 0 Å². The zero-order valence-electron chi connectivity index (χ0n) is 15.3. The van der Waals surface area contributed by atoms with Crippen LogP contribution >= 0.6 is 0 Å². The summed E-state index contributed by atoms with van der Waals surface area (Å²) in [6.45, 7) is 0. The second-order valence-electron chi connectivity index (χ2n) is 5.71. The fourth-order valence-electron chi connectivity index (χ4n) is 2.81. The van der Waals surface area contributed by atoms with Crippen molar-refractivity contribution in [1.82, 2.24) is 10.2 Å². The molecule has 0 unspecified atom stereocenters. The smallest absolute Gasteiger partial charge is 0.161 e. The first kappa shape index (κ1) is 17.7. The summed E-state index contributed by atoms with van der Waals surface area (Å²) in [5, 5.41) is 7.50. The molecule has 0 saturated heterocycles. The van der Waals surface area contributed by atoms with Crippen molar-refractivity contribution >= 4 is 0 Å². The zero-order valence-corrected chi connectivity index (χ0v) is 15.3. The molecule has 0 saturated carbocycles. The van der Waals surface area contributed by atoms with Gasteiger partial charge in [-0.1, -0.05) is 6.07 Å². The molecule has 0 radical (unpaired) electrons. The molecule has 0 aliphatic rings. The molecular weight excluding hydrogens is 332 g/mol. The summed E-state index contributed by atoms with van der Waals surface area (Å²) in [5.74, 6) is 2.79. The summed E-state index contributed by atoms with van der Waals surface area (Å²) < 4.78 is 21.3. The van der Waals surface area contributed by atoms with Crippen molar-refractivity contribution in [2.45, 2.75) is 6.42 Å². The Bertz CT molecular complexity index is 889. The molecule has 6 nitrogen and oxygen atoms in total. The molecule has 0 fully saturated rings. The van der Waals surface area contributed by atoms with E-state index in [0.29, 0.717) is 29.4 Å². The minimum Gasteiger partial charge on any atom is -0.493 e. The minimum absolute atomic E-state index is 0.675. The van der Waals surface area contributed by atoms with Crippen LogP contribution in [0.2, 0.25) is 0 Å². The Hall–Kier alpha value is -3.15. The van der Waals surface area contributed by atoms with Crippen LogP contribution < -0.4 is 18.9 Å². The second-order valence-corrected chi connectivity index (χ2v) is 5.71. The minimum atomic E-state index is 0.675. The van der Waals surface area contributed by atoms with E-state index in [-0.39, 0.29) is 0 Å². The normalized spacial score (nSPS) is 10.5. The average molecular weight is 354 g/mol. The Labute approximate surface area is 152 Å². The van der Waals surface area contributed by atoms with Gasteiger partial charge in [0.1, 0.15) is 0 Å². The lowest BCUT2D eigenvalue weighted by atomic mass is 10.1. The maximum Gasteiger partial charge on any atom is 0.161 e. The highest BCUT2D eigenvalue weighted by Gasteiger charge is 2.10. The number of ether oxygens (including phenoxy) is 4. The molecule has 0 amide bonds. The summed E-state index contributed by atoms with van der Waals surface area (Å²) in [6, 6.07) is 13.6. The number of rotatable bonds is 7. The van der Waals surface area contributed by atoms with Crippen LogP contribution in [0.25, 0.3) is 11.3 Å². The molecule has 6 heteroatoms. The van der Waals surface area contributed by atoms with Crippen molar-refractivity contribution in [1.29, 1.82) is 0 Å². The van der Waals surface area contributed by atoms with Crippen molar-refractivity contribution in [3.63, 3.8) is 0 Å². The van der Waals surface area contributed by atoms with Gasteiger partial charge in [-0.25, -0.2) is 0 Å². The lowest BCUT2D eigenvalue weighted by molar-refractivity contribution is 0.354. The van der Waals surface area contributed by atoms with Gasteiger partial charge in [-0.3, -0.25) is 5.10 Å². The Morgan fingerprint density at radius 1 is 0.731 bits per heavy atom. The van der Waals surface area contributed by atoms with Crippen LogP contribution in [-0.2, 0) is 6.42 Å². The molecule has 1 aromatic heterocycles. The zero-order chi connectivity index (χ0) is 18.5. The SMILES string of the molecule is COc1ccc(Cc2cc(-c3ccc(OC)c(OC)c3)n[nH]2)cc1OC. The van der Waals surface area contributed by atoms with Gasteiger partial charge in [0.05, 0.1) is 34.1 Å². The molecule has 1 N–H and O–H groups in total. The van der Waals surface area contributed by atoms with Crippen molar-refractivity contribution in [2.24, 2.45) is 0 Å². The third kappa shape index (κ3) is 3.59. The number of hydrogen-bond donors (Lipinski definition) is 1. The van der Waals surface area contributed by atoms with E-state index in [2.05, 4.69) is 10.2 Å². The van der Waals surface area contributed by atoms with Crippen LogP contribution in [0.3, 0.4) is 0 Å². The molecule has 2 aromatic carbocycles. The van der Waals surface area contributed by atoms with Crippen LogP contribution in [-0.4, -0.2) is 38.6 Å². The number of nitrogens with one attached hydrogen (secondary N) is 1. The second kappa shape index (κ2) is 7.82. The molecule has 0 bridgehead atoms. The molecule has 0 aliphatic heterocycles. The maximum atomic E-state index is 5.36. The number of H-pyrrole nitrogens is 1. The van der Waals surface area contributed by atoms with Gasteiger partial charge in [-0.05, 0) is 42.0 Å². The van der Waals surface area contributed by atoms with Crippen LogP contribution in [0.1, 0.15) is 11.3 Å². The Morgan fingerprint density at radius 3 is 2.00 bits per heavy atom. The van der Waals surface area contributed by atoms with Crippen molar-refractivity contribution in [2.75, 3.05) is 28.4 Å². The van der Waals surface area contributed by atoms with E-state index in [9.17, 15) is 0 Å². The number of methoxy groups -OCH3 is 4. The van der Waals surface area contributed by atoms with E-state index in [0.717, 1.165) is 22.5 Å². The summed E-state index contributed by atoms with van der Waals surface area (Å²) in [6.07, 6.45) is 0.709. The van der Waals surface area contributed by atoms with E-state index in [1.165, 1.54) is 0 Å². The number of aromatic nitrogens is 2. The highest BCUT2D eigenvalue weighted by molar-refractivity contribution is 5.64. The number of aromatic amines is 1. The molecule has 0 aliphatic carbocycles. The van der Waals surface area contributed by atoms with E-state index in [1.807, 2.05) is 42.5 Å². The standard InChI is InChI=1S/C20H22N2O4/c1-23-17-7-5-13(10-19(17)25-3)9-15-12-16(22-21-15)14-6-8-18(24-2)20(11-14)26-4/h5-8,10-12H,9H2,1-4H3,(H,21,22). The largest absolute Gasteiger partial charge is 0.493 e. The molecule has 0 spiro atoms. The Morgan fingerprint density at radius 2 is 1.35 bits per heavy atom. The highest BCUT2D eigenvalue weighted by Crippen LogP contribution is 2.32. The van der Waals surface area contributed by atoms with Gasteiger partial charge in [-0.2, -0.15) is 5.10 Å². The molecule has 26 heavy (non-hydrogen) atoms. The van der Waals surface area contributed by atoms with E-state index >= 15 is 0 Å². The first-order chi connectivity index (χ1) is 12.7. The Kier molecular flexibility index (Phi) is 5.31. The van der Waals surface area contributed by atoms with Gasteiger partial charge >= 0.3 is 0 Å².